The van der Waals surface area contributed by atoms with E-state index >= 15 is 0 Å². The van der Waals surface area contributed by atoms with Crippen LogP contribution in [0.4, 0.5) is 0 Å². The number of amides is 1. The molecule has 0 aromatic carbocycles. The maximum atomic E-state index is 12.2. The monoisotopic (exact) mass is 317 g/mol. The minimum absolute atomic E-state index is 0.00414. The quantitative estimate of drug-likeness (QED) is 0.800. The summed E-state index contributed by atoms with van der Waals surface area (Å²) < 4.78 is 0.720. The van der Waals surface area contributed by atoms with Crippen LogP contribution in [-0.4, -0.2) is 35.0 Å². The van der Waals surface area contributed by atoms with Crippen molar-refractivity contribution in [3.05, 3.63) is 21.3 Å². The first-order valence-corrected chi connectivity index (χ1v) is 7.81. The van der Waals surface area contributed by atoms with Gasteiger partial charge in [0, 0.05) is 24.4 Å². The number of aliphatic carboxylic acids is 1. The molecule has 1 N–H and O–H groups in total. The molecule has 1 heterocycles. The minimum atomic E-state index is -0.878. The number of carbonyl (C=O) groups excluding carboxylic acids is 1. The van der Waals surface area contributed by atoms with E-state index in [0.717, 1.165) is 9.21 Å². The van der Waals surface area contributed by atoms with Crippen LogP contribution in [0.2, 0.25) is 4.34 Å². The third-order valence-electron chi connectivity index (χ3n) is 2.75. The van der Waals surface area contributed by atoms with Gasteiger partial charge in [0.2, 0.25) is 5.91 Å². The lowest BCUT2D eigenvalue weighted by molar-refractivity contribution is -0.138. The smallest absolute Gasteiger partial charge is 0.305 e. The van der Waals surface area contributed by atoms with E-state index in [-0.39, 0.29) is 18.9 Å². The molecule has 0 aliphatic heterocycles. The maximum Gasteiger partial charge on any atom is 0.305 e. The first-order chi connectivity index (χ1) is 9.38. The third kappa shape index (κ3) is 6.39. The van der Waals surface area contributed by atoms with Gasteiger partial charge in [0.15, 0.2) is 0 Å². The molecule has 0 radical (unpaired) electrons. The summed E-state index contributed by atoms with van der Waals surface area (Å²) in [6.45, 7) is 4.90. The first-order valence-electron chi connectivity index (χ1n) is 6.62. The summed E-state index contributed by atoms with van der Waals surface area (Å²) in [5, 5.41) is 8.74. The van der Waals surface area contributed by atoms with E-state index in [1.165, 1.54) is 11.3 Å². The fourth-order valence-electron chi connectivity index (χ4n) is 1.86. The number of halogens is 1. The number of carbonyl (C=O) groups is 2. The van der Waals surface area contributed by atoms with Gasteiger partial charge in [0.05, 0.1) is 10.8 Å². The summed E-state index contributed by atoms with van der Waals surface area (Å²) in [6.07, 6.45) is 1.03. The zero-order valence-electron chi connectivity index (χ0n) is 11.8. The molecule has 6 heteroatoms. The van der Waals surface area contributed by atoms with Crippen LogP contribution in [0.1, 0.15) is 31.6 Å². The van der Waals surface area contributed by atoms with Crippen molar-refractivity contribution >= 4 is 34.8 Å². The Morgan fingerprint density at radius 3 is 2.55 bits per heavy atom. The van der Waals surface area contributed by atoms with Crippen LogP contribution >= 0.6 is 22.9 Å². The lowest BCUT2D eigenvalue weighted by Gasteiger charge is -2.24. The molecule has 0 unspecified atom stereocenters. The van der Waals surface area contributed by atoms with E-state index in [0.29, 0.717) is 25.3 Å². The highest BCUT2D eigenvalue weighted by Gasteiger charge is 2.16. The van der Waals surface area contributed by atoms with E-state index in [1.54, 1.807) is 4.90 Å². The third-order valence-corrected chi connectivity index (χ3v) is 4.04. The summed E-state index contributed by atoms with van der Waals surface area (Å²) >= 11 is 7.32. The Labute approximate surface area is 128 Å². The highest BCUT2D eigenvalue weighted by Crippen LogP contribution is 2.22. The van der Waals surface area contributed by atoms with Crippen LogP contribution < -0.4 is 0 Å². The van der Waals surface area contributed by atoms with Gasteiger partial charge >= 0.3 is 5.97 Å². The molecule has 20 heavy (non-hydrogen) atoms. The zero-order chi connectivity index (χ0) is 15.1. The number of nitrogens with zero attached hydrogens (tertiary/aromatic N) is 1. The topological polar surface area (TPSA) is 57.6 Å². The molecule has 0 saturated heterocycles. The Bertz CT molecular complexity index is 459. The first kappa shape index (κ1) is 17.0. The standard InChI is InChI=1S/C14H20ClNO3S/c1-10(2)9-16(8-7-14(18)19)13(17)6-4-11-3-5-12(15)20-11/h3,5,10H,4,6-9H2,1-2H3,(H,18,19). The average molecular weight is 318 g/mol. The van der Waals surface area contributed by atoms with Gasteiger partial charge in [-0.05, 0) is 24.5 Å². The van der Waals surface area contributed by atoms with Crippen molar-refractivity contribution in [2.45, 2.75) is 33.1 Å². The molecule has 0 bridgehead atoms. The average Bonchev–Trinajstić information content (AvgIpc) is 2.76. The van der Waals surface area contributed by atoms with Crippen molar-refractivity contribution in [3.63, 3.8) is 0 Å². The van der Waals surface area contributed by atoms with Crippen LogP contribution in [0.5, 0.6) is 0 Å². The summed E-state index contributed by atoms with van der Waals surface area (Å²) in [4.78, 5) is 25.5. The molecule has 1 aromatic heterocycles. The van der Waals surface area contributed by atoms with Gasteiger partial charge < -0.3 is 10.0 Å². The van der Waals surface area contributed by atoms with Crippen molar-refractivity contribution in [2.24, 2.45) is 5.92 Å². The van der Waals surface area contributed by atoms with Gasteiger partial charge in [0.1, 0.15) is 0 Å². The molecular weight excluding hydrogens is 298 g/mol. The highest BCUT2D eigenvalue weighted by molar-refractivity contribution is 7.16. The maximum absolute atomic E-state index is 12.2. The fraction of sp³-hybridized carbons (Fsp3) is 0.571. The number of hydrogen-bond donors (Lipinski definition) is 1. The second-order valence-electron chi connectivity index (χ2n) is 5.08. The van der Waals surface area contributed by atoms with Crippen LogP contribution in [-0.2, 0) is 16.0 Å². The molecular formula is C14H20ClNO3S. The Kier molecular flexibility index (Phi) is 7.02. The van der Waals surface area contributed by atoms with Gasteiger partial charge in [-0.15, -0.1) is 11.3 Å². The predicted octanol–water partition coefficient (Wildman–Crippen LogP) is 3.29. The van der Waals surface area contributed by atoms with E-state index in [2.05, 4.69) is 0 Å². The number of carboxylic acid groups (broad SMARTS) is 1. The lowest BCUT2D eigenvalue weighted by Crippen LogP contribution is -2.36. The number of thiophene rings is 1. The van der Waals surface area contributed by atoms with Crippen molar-refractivity contribution in [2.75, 3.05) is 13.1 Å². The van der Waals surface area contributed by atoms with Crippen LogP contribution in [0, 0.1) is 5.92 Å². The van der Waals surface area contributed by atoms with Crippen LogP contribution in [0.15, 0.2) is 12.1 Å². The van der Waals surface area contributed by atoms with E-state index in [9.17, 15) is 9.59 Å². The van der Waals surface area contributed by atoms with Gasteiger partial charge in [-0.25, -0.2) is 0 Å². The Balaban J connectivity index is 2.50. The molecule has 4 nitrogen and oxygen atoms in total. The Morgan fingerprint density at radius 2 is 2.05 bits per heavy atom. The number of aryl methyl sites for hydroxylation is 1. The molecule has 112 valence electrons. The second-order valence-corrected chi connectivity index (χ2v) is 6.88. The molecule has 0 fully saturated rings. The summed E-state index contributed by atoms with van der Waals surface area (Å²) in [5.41, 5.74) is 0. The number of rotatable bonds is 8. The zero-order valence-corrected chi connectivity index (χ0v) is 13.3. The lowest BCUT2D eigenvalue weighted by atomic mass is 10.1. The number of hydrogen-bond acceptors (Lipinski definition) is 3. The van der Waals surface area contributed by atoms with Gasteiger partial charge in [-0.2, -0.15) is 0 Å². The van der Waals surface area contributed by atoms with Gasteiger partial charge in [-0.1, -0.05) is 25.4 Å². The van der Waals surface area contributed by atoms with Crippen molar-refractivity contribution < 1.29 is 14.7 Å². The van der Waals surface area contributed by atoms with Crippen molar-refractivity contribution in [1.29, 1.82) is 0 Å². The van der Waals surface area contributed by atoms with Crippen LogP contribution in [0.3, 0.4) is 0 Å². The number of carboxylic acids is 1. The SMILES string of the molecule is CC(C)CN(CCC(=O)O)C(=O)CCc1ccc(Cl)s1. The van der Waals surface area contributed by atoms with Crippen molar-refractivity contribution in [1.82, 2.24) is 4.90 Å². The molecule has 1 rings (SSSR count). The normalized spacial score (nSPS) is 10.8. The van der Waals surface area contributed by atoms with Gasteiger partial charge in [0.25, 0.3) is 0 Å². The molecule has 0 spiro atoms. The highest BCUT2D eigenvalue weighted by atomic mass is 35.5. The summed E-state index contributed by atoms with van der Waals surface area (Å²) in [6, 6.07) is 3.74. The molecule has 0 saturated carbocycles. The molecule has 0 aliphatic rings. The molecule has 0 aliphatic carbocycles. The van der Waals surface area contributed by atoms with Gasteiger partial charge in [-0.3, -0.25) is 9.59 Å². The Hall–Kier alpha value is -1.07. The summed E-state index contributed by atoms with van der Waals surface area (Å²) in [5.74, 6) is -0.551. The predicted molar refractivity (Wildman–Crippen MR) is 81.3 cm³/mol. The summed E-state index contributed by atoms with van der Waals surface area (Å²) in [7, 11) is 0. The van der Waals surface area contributed by atoms with Crippen molar-refractivity contribution in [3.8, 4) is 0 Å². The van der Waals surface area contributed by atoms with E-state index in [1.807, 2.05) is 26.0 Å². The van der Waals surface area contributed by atoms with Crippen LogP contribution in [0.25, 0.3) is 0 Å². The Morgan fingerprint density at radius 1 is 1.35 bits per heavy atom. The van der Waals surface area contributed by atoms with E-state index in [4.69, 9.17) is 16.7 Å². The molecule has 1 amide bonds. The molecule has 0 atom stereocenters. The fourth-order valence-corrected chi connectivity index (χ4v) is 2.95. The molecule has 1 aromatic rings. The minimum Gasteiger partial charge on any atom is -0.481 e. The second kappa shape index (κ2) is 8.27. The largest absolute Gasteiger partial charge is 0.481 e. The van der Waals surface area contributed by atoms with E-state index < -0.39 is 5.97 Å².